The number of aromatic nitrogens is 3. The summed E-state index contributed by atoms with van der Waals surface area (Å²) in [6, 6.07) is -0.792. The van der Waals surface area contributed by atoms with Gasteiger partial charge in [0.05, 0.1) is 0 Å². The molecule has 7 nitrogen and oxygen atoms in total. The van der Waals surface area contributed by atoms with Crippen LogP contribution in [-0.2, 0) is 4.79 Å². The van der Waals surface area contributed by atoms with Gasteiger partial charge in [-0.2, -0.15) is 11.8 Å². The Bertz CT molecular complexity index is 447. The first kappa shape index (κ1) is 11.9. The van der Waals surface area contributed by atoms with Crippen molar-refractivity contribution in [1.29, 1.82) is 0 Å². The van der Waals surface area contributed by atoms with E-state index in [0.29, 0.717) is 18.1 Å². The van der Waals surface area contributed by atoms with Gasteiger partial charge in [-0.05, 0) is 6.92 Å². The van der Waals surface area contributed by atoms with E-state index in [1.807, 2.05) is 0 Å². The zero-order valence-corrected chi connectivity index (χ0v) is 10.0. The van der Waals surface area contributed by atoms with Crippen molar-refractivity contribution >= 4 is 23.6 Å². The number of carboxylic acid groups (broad SMARTS) is 1. The third-order valence-electron chi connectivity index (χ3n) is 2.46. The Hall–Kier alpha value is -1.57. The summed E-state index contributed by atoms with van der Waals surface area (Å²) in [6.07, 6.45) is 0. The number of hydrogen-bond donors (Lipinski definition) is 2. The number of carbonyl (C=O) groups excluding carboxylic acids is 1. The summed E-state index contributed by atoms with van der Waals surface area (Å²) < 4.78 is 0. The van der Waals surface area contributed by atoms with Gasteiger partial charge in [-0.25, -0.2) is 9.78 Å². The van der Waals surface area contributed by atoms with E-state index in [1.165, 1.54) is 16.7 Å². The molecule has 1 aliphatic heterocycles. The number of hydrogen-bond acceptors (Lipinski definition) is 5. The topological polar surface area (TPSA) is 99.2 Å². The van der Waals surface area contributed by atoms with Gasteiger partial charge in [0, 0.05) is 18.1 Å². The smallest absolute Gasteiger partial charge is 0.327 e. The van der Waals surface area contributed by atoms with Gasteiger partial charge in [0.25, 0.3) is 5.91 Å². The fourth-order valence-corrected chi connectivity index (χ4v) is 2.66. The average Bonchev–Trinajstić information content (AvgIpc) is 2.75. The normalized spacial score (nSPS) is 20.3. The Morgan fingerprint density at radius 1 is 1.59 bits per heavy atom. The second-order valence-corrected chi connectivity index (χ2v) is 4.82. The number of thioether (sulfide) groups is 1. The number of carbonyl (C=O) groups is 2. The van der Waals surface area contributed by atoms with Crippen LogP contribution in [0.3, 0.4) is 0 Å². The fraction of sp³-hybridized carbons (Fsp3) is 0.556. The highest BCUT2D eigenvalue weighted by atomic mass is 32.2. The van der Waals surface area contributed by atoms with Gasteiger partial charge >= 0.3 is 5.97 Å². The predicted octanol–water partition coefficient (Wildman–Crippen LogP) is -0.245. The molecule has 1 unspecified atom stereocenters. The van der Waals surface area contributed by atoms with E-state index in [1.54, 1.807) is 6.92 Å². The van der Waals surface area contributed by atoms with Crippen molar-refractivity contribution in [3.63, 3.8) is 0 Å². The fourth-order valence-electron chi connectivity index (χ4n) is 1.62. The molecule has 1 aromatic heterocycles. The first-order valence-corrected chi connectivity index (χ1v) is 6.25. The first-order valence-electron chi connectivity index (χ1n) is 5.10. The number of nitrogens with one attached hydrogen (secondary N) is 1. The van der Waals surface area contributed by atoms with Crippen molar-refractivity contribution < 1.29 is 14.7 Å². The van der Waals surface area contributed by atoms with Crippen molar-refractivity contribution in [2.45, 2.75) is 13.0 Å². The molecule has 2 N–H and O–H groups in total. The predicted molar refractivity (Wildman–Crippen MR) is 60.9 cm³/mol. The van der Waals surface area contributed by atoms with Crippen LogP contribution in [0, 0.1) is 6.92 Å². The molecule has 2 rings (SSSR count). The lowest BCUT2D eigenvalue weighted by molar-refractivity contribution is -0.141. The zero-order valence-electron chi connectivity index (χ0n) is 9.21. The van der Waals surface area contributed by atoms with E-state index in [4.69, 9.17) is 5.11 Å². The molecule has 92 valence electrons. The number of amides is 1. The van der Waals surface area contributed by atoms with Crippen molar-refractivity contribution in [2.24, 2.45) is 0 Å². The Morgan fingerprint density at radius 3 is 2.94 bits per heavy atom. The summed E-state index contributed by atoms with van der Waals surface area (Å²) in [5.41, 5.74) is 0. The number of aliphatic carboxylic acids is 1. The molecule has 1 saturated heterocycles. The van der Waals surface area contributed by atoms with Crippen molar-refractivity contribution in [2.75, 3.05) is 18.1 Å². The third kappa shape index (κ3) is 2.41. The largest absolute Gasteiger partial charge is 0.480 e. The molecule has 1 aromatic rings. The van der Waals surface area contributed by atoms with Crippen LogP contribution in [0.2, 0.25) is 0 Å². The van der Waals surface area contributed by atoms with Crippen LogP contribution < -0.4 is 0 Å². The lowest BCUT2D eigenvalue weighted by atomic mass is 10.2. The average molecular weight is 256 g/mol. The molecule has 0 spiro atoms. The molecule has 0 aromatic carbocycles. The highest BCUT2D eigenvalue weighted by Crippen LogP contribution is 2.18. The van der Waals surface area contributed by atoms with Crippen LogP contribution >= 0.6 is 11.8 Å². The van der Waals surface area contributed by atoms with Crippen molar-refractivity contribution in [3.05, 3.63) is 11.6 Å². The third-order valence-corrected chi connectivity index (χ3v) is 3.49. The van der Waals surface area contributed by atoms with E-state index in [-0.39, 0.29) is 5.82 Å². The molecule has 1 aliphatic rings. The van der Waals surface area contributed by atoms with Gasteiger partial charge in [0.2, 0.25) is 5.82 Å². The molecular weight excluding hydrogens is 244 g/mol. The summed E-state index contributed by atoms with van der Waals surface area (Å²) in [5.74, 6) is 0.288. The number of carboxylic acids is 1. The van der Waals surface area contributed by atoms with Crippen LogP contribution in [0.1, 0.15) is 16.4 Å². The van der Waals surface area contributed by atoms with Gasteiger partial charge in [0.15, 0.2) is 0 Å². The summed E-state index contributed by atoms with van der Waals surface area (Å²) in [5, 5.41) is 15.4. The molecule has 1 atom stereocenters. The Morgan fingerprint density at radius 2 is 2.35 bits per heavy atom. The second kappa shape index (κ2) is 4.74. The van der Waals surface area contributed by atoms with Gasteiger partial charge in [-0.15, -0.1) is 5.10 Å². The van der Waals surface area contributed by atoms with Crippen LogP contribution in [0.15, 0.2) is 0 Å². The molecule has 0 aliphatic carbocycles. The standard InChI is InChI=1S/C9H12N4O3S/c1-5-10-7(12-11-5)8(14)13-2-3-17-4-6(13)9(15)16/h6H,2-4H2,1H3,(H,15,16)(H,10,11,12). The van der Waals surface area contributed by atoms with Crippen molar-refractivity contribution in [3.8, 4) is 0 Å². The van der Waals surface area contributed by atoms with E-state index in [9.17, 15) is 9.59 Å². The molecule has 2 heterocycles. The van der Waals surface area contributed by atoms with Crippen LogP contribution in [-0.4, -0.2) is 61.2 Å². The van der Waals surface area contributed by atoms with E-state index in [0.717, 1.165) is 5.75 Å². The number of aryl methyl sites for hydroxylation is 1. The highest BCUT2D eigenvalue weighted by Gasteiger charge is 2.34. The Kier molecular flexibility index (Phi) is 3.32. The molecule has 1 amide bonds. The van der Waals surface area contributed by atoms with Gasteiger partial charge in [-0.3, -0.25) is 9.89 Å². The minimum absolute atomic E-state index is 0.0284. The SMILES string of the molecule is Cc1nc(C(=O)N2CCSCC2C(=O)O)n[nH]1. The number of rotatable bonds is 2. The zero-order chi connectivity index (χ0) is 12.4. The summed E-state index contributed by atoms with van der Waals surface area (Å²) in [4.78, 5) is 28.3. The highest BCUT2D eigenvalue weighted by molar-refractivity contribution is 7.99. The van der Waals surface area contributed by atoms with Gasteiger partial charge < -0.3 is 10.0 Å². The minimum atomic E-state index is -0.988. The first-order chi connectivity index (χ1) is 8.09. The molecule has 0 radical (unpaired) electrons. The molecule has 17 heavy (non-hydrogen) atoms. The minimum Gasteiger partial charge on any atom is -0.480 e. The summed E-state index contributed by atoms with van der Waals surface area (Å²) >= 11 is 1.53. The van der Waals surface area contributed by atoms with E-state index >= 15 is 0 Å². The number of aromatic amines is 1. The molecule has 0 bridgehead atoms. The summed E-state index contributed by atoms with van der Waals surface area (Å²) in [7, 11) is 0. The maximum Gasteiger partial charge on any atom is 0.327 e. The van der Waals surface area contributed by atoms with Gasteiger partial charge in [-0.1, -0.05) is 0 Å². The maximum absolute atomic E-state index is 12.0. The quantitative estimate of drug-likeness (QED) is 0.757. The van der Waals surface area contributed by atoms with Gasteiger partial charge in [0.1, 0.15) is 11.9 Å². The van der Waals surface area contributed by atoms with E-state index in [2.05, 4.69) is 15.2 Å². The number of nitrogens with zero attached hydrogens (tertiary/aromatic N) is 3. The molecule has 1 fully saturated rings. The maximum atomic E-state index is 12.0. The molecule has 0 saturated carbocycles. The lowest BCUT2D eigenvalue weighted by Crippen LogP contribution is -2.50. The van der Waals surface area contributed by atoms with Crippen LogP contribution in [0.5, 0.6) is 0 Å². The van der Waals surface area contributed by atoms with E-state index < -0.39 is 17.9 Å². The molecular formula is C9H12N4O3S. The monoisotopic (exact) mass is 256 g/mol. The Labute approximate surface area is 102 Å². The van der Waals surface area contributed by atoms with Crippen LogP contribution in [0.4, 0.5) is 0 Å². The second-order valence-electron chi connectivity index (χ2n) is 3.67. The number of H-pyrrole nitrogens is 1. The van der Waals surface area contributed by atoms with Crippen LogP contribution in [0.25, 0.3) is 0 Å². The lowest BCUT2D eigenvalue weighted by Gasteiger charge is -2.31. The molecule has 8 heteroatoms. The van der Waals surface area contributed by atoms with Crippen molar-refractivity contribution in [1.82, 2.24) is 20.1 Å². The summed E-state index contributed by atoms with van der Waals surface area (Å²) in [6.45, 7) is 2.10. The Balaban J connectivity index is 2.19.